The average molecular weight is 327 g/mol. The number of esters is 1. The lowest BCUT2D eigenvalue weighted by Gasteiger charge is -2.03. The van der Waals surface area contributed by atoms with E-state index in [2.05, 4.69) is 4.74 Å². The highest BCUT2D eigenvalue weighted by molar-refractivity contribution is 5.89. The molecule has 0 fully saturated rings. The van der Waals surface area contributed by atoms with Crippen molar-refractivity contribution < 1.29 is 19.2 Å². The molecule has 0 heterocycles. The van der Waals surface area contributed by atoms with Crippen molar-refractivity contribution in [2.45, 2.75) is 6.42 Å². The van der Waals surface area contributed by atoms with Gasteiger partial charge in [0.15, 0.2) is 0 Å². The molecule has 0 spiro atoms. The molecule has 0 unspecified atom stereocenters. The van der Waals surface area contributed by atoms with Gasteiger partial charge in [0, 0.05) is 12.1 Å². The number of carbonyl (C=O) groups excluding carboxylic acids is 1. The van der Waals surface area contributed by atoms with Crippen LogP contribution in [0.5, 0.6) is 5.75 Å². The number of non-ortho nitro benzene ring substituents is 1. The van der Waals surface area contributed by atoms with E-state index < -0.39 is 4.92 Å². The minimum Gasteiger partial charge on any atom is -0.493 e. The van der Waals surface area contributed by atoms with E-state index in [0.717, 1.165) is 5.56 Å². The fourth-order valence-electron chi connectivity index (χ4n) is 1.98. The molecule has 2 aromatic rings. The van der Waals surface area contributed by atoms with Crippen LogP contribution in [0, 0.1) is 10.1 Å². The Hall–Kier alpha value is -3.15. The van der Waals surface area contributed by atoms with Crippen molar-refractivity contribution in [2.24, 2.45) is 0 Å². The van der Waals surface area contributed by atoms with Crippen molar-refractivity contribution in [3.8, 4) is 5.75 Å². The SMILES string of the molecule is COC(=O)c1ccc(C=CCCOc2ccc([N+](=O)[O-])cc2)cc1. The lowest BCUT2D eigenvalue weighted by atomic mass is 10.1. The Balaban J connectivity index is 1.78. The standard InChI is InChI=1S/C18H17NO5/c1-23-18(20)15-7-5-14(6-8-15)4-2-3-13-24-17-11-9-16(10-12-17)19(21)22/h2,4-12H,3,13H2,1H3. The van der Waals surface area contributed by atoms with Gasteiger partial charge in [0.05, 0.1) is 24.2 Å². The molecule has 0 atom stereocenters. The number of methoxy groups -OCH3 is 1. The number of nitro benzene ring substituents is 1. The molecule has 124 valence electrons. The number of hydrogen-bond acceptors (Lipinski definition) is 5. The second-order valence-electron chi connectivity index (χ2n) is 4.90. The molecule has 2 aromatic carbocycles. The summed E-state index contributed by atoms with van der Waals surface area (Å²) in [4.78, 5) is 21.4. The van der Waals surface area contributed by atoms with E-state index in [0.29, 0.717) is 24.3 Å². The van der Waals surface area contributed by atoms with E-state index in [1.165, 1.54) is 19.2 Å². The van der Waals surface area contributed by atoms with Gasteiger partial charge in [0.2, 0.25) is 0 Å². The highest BCUT2D eigenvalue weighted by Gasteiger charge is 2.04. The summed E-state index contributed by atoms with van der Waals surface area (Å²) < 4.78 is 10.1. The molecule has 24 heavy (non-hydrogen) atoms. The fraction of sp³-hybridized carbons (Fsp3) is 0.167. The Kier molecular flexibility index (Phi) is 6.08. The van der Waals surface area contributed by atoms with Crippen LogP contribution in [0.25, 0.3) is 6.08 Å². The maximum atomic E-state index is 11.3. The molecule has 0 aliphatic carbocycles. The summed E-state index contributed by atoms with van der Waals surface area (Å²) in [6, 6.07) is 13.1. The van der Waals surface area contributed by atoms with Crippen LogP contribution in [0.4, 0.5) is 5.69 Å². The second kappa shape index (κ2) is 8.47. The predicted octanol–water partition coefficient (Wildman–Crippen LogP) is 3.86. The molecule has 0 amide bonds. The zero-order valence-corrected chi connectivity index (χ0v) is 13.2. The topological polar surface area (TPSA) is 78.7 Å². The number of ether oxygens (including phenoxy) is 2. The van der Waals surface area contributed by atoms with Crippen molar-refractivity contribution >= 4 is 17.7 Å². The molecule has 0 aliphatic rings. The van der Waals surface area contributed by atoms with Gasteiger partial charge in [-0.1, -0.05) is 24.3 Å². The maximum absolute atomic E-state index is 11.3. The first-order chi connectivity index (χ1) is 11.6. The van der Waals surface area contributed by atoms with E-state index in [9.17, 15) is 14.9 Å². The van der Waals surface area contributed by atoms with Gasteiger partial charge in [-0.25, -0.2) is 4.79 Å². The quantitative estimate of drug-likeness (QED) is 0.334. The van der Waals surface area contributed by atoms with Crippen LogP contribution in [0.3, 0.4) is 0 Å². The van der Waals surface area contributed by atoms with Crippen LogP contribution in [-0.4, -0.2) is 24.6 Å². The monoisotopic (exact) mass is 327 g/mol. The first-order valence-electron chi connectivity index (χ1n) is 7.32. The molecule has 0 saturated carbocycles. The van der Waals surface area contributed by atoms with Crippen LogP contribution in [-0.2, 0) is 4.74 Å². The smallest absolute Gasteiger partial charge is 0.337 e. The molecule has 0 saturated heterocycles. The lowest BCUT2D eigenvalue weighted by Crippen LogP contribution is -2.00. The number of nitro groups is 1. The summed E-state index contributed by atoms with van der Waals surface area (Å²) >= 11 is 0. The number of rotatable bonds is 7. The van der Waals surface area contributed by atoms with Gasteiger partial charge in [-0.05, 0) is 36.2 Å². The van der Waals surface area contributed by atoms with Crippen molar-refractivity contribution in [1.29, 1.82) is 0 Å². The minimum absolute atomic E-state index is 0.0395. The molecule has 0 aliphatic heterocycles. The average Bonchev–Trinajstić information content (AvgIpc) is 2.61. The van der Waals surface area contributed by atoms with Gasteiger partial charge in [-0.15, -0.1) is 0 Å². The summed E-state index contributed by atoms with van der Waals surface area (Å²) in [6.45, 7) is 0.467. The second-order valence-corrected chi connectivity index (χ2v) is 4.90. The number of carbonyl (C=O) groups is 1. The molecule has 2 rings (SSSR count). The number of benzene rings is 2. The Bertz CT molecular complexity index is 720. The van der Waals surface area contributed by atoms with Crippen molar-refractivity contribution in [3.05, 3.63) is 75.8 Å². The van der Waals surface area contributed by atoms with Crippen molar-refractivity contribution in [2.75, 3.05) is 13.7 Å². The molecule has 0 aromatic heterocycles. The highest BCUT2D eigenvalue weighted by atomic mass is 16.6. The fourth-order valence-corrected chi connectivity index (χ4v) is 1.98. The van der Waals surface area contributed by atoms with Gasteiger partial charge >= 0.3 is 5.97 Å². The van der Waals surface area contributed by atoms with E-state index in [4.69, 9.17) is 4.74 Å². The maximum Gasteiger partial charge on any atom is 0.337 e. The van der Waals surface area contributed by atoms with Crippen molar-refractivity contribution in [1.82, 2.24) is 0 Å². The zero-order chi connectivity index (χ0) is 17.4. The van der Waals surface area contributed by atoms with E-state index in [-0.39, 0.29) is 11.7 Å². The van der Waals surface area contributed by atoms with Gasteiger partial charge in [-0.3, -0.25) is 10.1 Å². The lowest BCUT2D eigenvalue weighted by molar-refractivity contribution is -0.384. The molecular weight excluding hydrogens is 310 g/mol. The third-order valence-electron chi connectivity index (χ3n) is 3.24. The van der Waals surface area contributed by atoms with Crippen LogP contribution in [0.2, 0.25) is 0 Å². The largest absolute Gasteiger partial charge is 0.493 e. The Labute approximate surface area is 139 Å². The molecule has 6 nitrogen and oxygen atoms in total. The third-order valence-corrected chi connectivity index (χ3v) is 3.24. The molecule has 0 bridgehead atoms. The van der Waals surface area contributed by atoms with Gasteiger partial charge in [-0.2, -0.15) is 0 Å². The number of hydrogen-bond donors (Lipinski definition) is 0. The Morgan fingerprint density at radius 2 is 1.79 bits per heavy atom. The molecule has 0 radical (unpaired) electrons. The first kappa shape index (κ1) is 17.2. The van der Waals surface area contributed by atoms with E-state index in [1.54, 1.807) is 24.3 Å². The molecule has 6 heteroatoms. The Morgan fingerprint density at radius 3 is 2.38 bits per heavy atom. The van der Waals surface area contributed by atoms with Crippen LogP contribution >= 0.6 is 0 Å². The van der Waals surface area contributed by atoms with Crippen LogP contribution in [0.1, 0.15) is 22.3 Å². The summed E-state index contributed by atoms with van der Waals surface area (Å²) in [7, 11) is 1.35. The minimum atomic E-state index is -0.446. The molecular formula is C18H17NO5. The first-order valence-corrected chi connectivity index (χ1v) is 7.32. The summed E-state index contributed by atoms with van der Waals surface area (Å²) in [6.07, 6.45) is 4.58. The predicted molar refractivity (Wildman–Crippen MR) is 90.0 cm³/mol. The Morgan fingerprint density at radius 1 is 1.12 bits per heavy atom. The third kappa shape index (κ3) is 4.95. The van der Waals surface area contributed by atoms with Gasteiger partial charge in [0.25, 0.3) is 5.69 Å². The van der Waals surface area contributed by atoms with Crippen LogP contribution in [0.15, 0.2) is 54.6 Å². The van der Waals surface area contributed by atoms with Gasteiger partial charge < -0.3 is 9.47 Å². The summed E-state index contributed by atoms with van der Waals surface area (Å²) in [5.41, 5.74) is 1.52. The summed E-state index contributed by atoms with van der Waals surface area (Å²) in [5.74, 6) is 0.235. The van der Waals surface area contributed by atoms with Crippen LogP contribution < -0.4 is 4.74 Å². The summed E-state index contributed by atoms with van der Waals surface area (Å²) in [5, 5.41) is 10.6. The van der Waals surface area contributed by atoms with E-state index >= 15 is 0 Å². The highest BCUT2D eigenvalue weighted by Crippen LogP contribution is 2.17. The van der Waals surface area contributed by atoms with Gasteiger partial charge in [0.1, 0.15) is 5.75 Å². The van der Waals surface area contributed by atoms with E-state index in [1.807, 2.05) is 24.3 Å². The molecule has 0 N–H and O–H groups in total. The van der Waals surface area contributed by atoms with Crippen molar-refractivity contribution in [3.63, 3.8) is 0 Å². The number of nitrogens with zero attached hydrogens (tertiary/aromatic N) is 1. The zero-order valence-electron chi connectivity index (χ0n) is 13.2. The normalized spacial score (nSPS) is 10.5.